The van der Waals surface area contributed by atoms with Gasteiger partial charge in [0.25, 0.3) is 0 Å². The lowest BCUT2D eigenvalue weighted by Gasteiger charge is -2.15. The lowest BCUT2D eigenvalue weighted by atomic mass is 10.1. The second-order valence-corrected chi connectivity index (χ2v) is 5.51. The van der Waals surface area contributed by atoms with Crippen molar-refractivity contribution in [3.8, 4) is 23.3 Å². The number of rotatable bonds is 7. The van der Waals surface area contributed by atoms with Gasteiger partial charge in [-0.1, -0.05) is 29.8 Å². The molecule has 0 saturated carbocycles. The molecule has 0 spiro atoms. The Morgan fingerprint density at radius 3 is 2.58 bits per heavy atom. The van der Waals surface area contributed by atoms with Crippen LogP contribution in [0.15, 0.2) is 30.3 Å². The molecule has 0 fully saturated rings. The molecule has 2 aromatic carbocycles. The van der Waals surface area contributed by atoms with E-state index in [0.29, 0.717) is 31.0 Å². The van der Waals surface area contributed by atoms with Gasteiger partial charge in [0.1, 0.15) is 33.9 Å². The molecule has 2 aromatic rings. The van der Waals surface area contributed by atoms with Crippen LogP contribution < -0.4 is 14.8 Å². The Labute approximate surface area is 146 Å². The molecule has 2 rings (SSSR count). The molecule has 0 saturated heterocycles. The molecular formula is C18H19ClN2O3. The summed E-state index contributed by atoms with van der Waals surface area (Å²) in [6, 6.07) is 11.0. The van der Waals surface area contributed by atoms with Gasteiger partial charge in [-0.3, -0.25) is 0 Å². The van der Waals surface area contributed by atoms with Gasteiger partial charge in [-0.2, -0.15) is 5.26 Å². The van der Waals surface area contributed by atoms with E-state index in [1.165, 1.54) is 14.2 Å². The Morgan fingerprint density at radius 1 is 1.21 bits per heavy atom. The van der Waals surface area contributed by atoms with Crippen molar-refractivity contribution in [2.75, 3.05) is 20.8 Å². The minimum atomic E-state index is 0.259. The van der Waals surface area contributed by atoms with Crippen molar-refractivity contribution in [3.05, 3.63) is 52.0 Å². The van der Waals surface area contributed by atoms with Crippen LogP contribution in [-0.2, 0) is 13.0 Å². The first kappa shape index (κ1) is 17.9. The molecule has 0 heterocycles. The molecule has 6 heteroatoms. The lowest BCUT2D eigenvalue weighted by Crippen LogP contribution is -2.17. The summed E-state index contributed by atoms with van der Waals surface area (Å²) in [7, 11) is 3.02. The second-order valence-electron chi connectivity index (χ2n) is 5.13. The highest BCUT2D eigenvalue weighted by molar-refractivity contribution is 6.33. The van der Waals surface area contributed by atoms with Crippen molar-refractivity contribution >= 4 is 11.6 Å². The van der Waals surface area contributed by atoms with Gasteiger partial charge in [0.2, 0.25) is 0 Å². The first-order valence-corrected chi connectivity index (χ1v) is 7.81. The summed E-state index contributed by atoms with van der Waals surface area (Å²) in [5.41, 5.74) is 1.95. The number of hydrogen-bond acceptors (Lipinski definition) is 5. The van der Waals surface area contributed by atoms with Crippen molar-refractivity contribution in [1.29, 1.82) is 5.26 Å². The predicted molar refractivity (Wildman–Crippen MR) is 92.8 cm³/mol. The number of halogens is 1. The number of para-hydroxylation sites is 1. The number of phenolic OH excluding ortho intramolecular Hbond substituents is 1. The quantitative estimate of drug-likeness (QED) is 0.753. The number of methoxy groups -OCH3 is 2. The van der Waals surface area contributed by atoms with Crippen LogP contribution in [0.5, 0.6) is 17.2 Å². The number of phenols is 1. The molecule has 0 amide bonds. The summed E-state index contributed by atoms with van der Waals surface area (Å²) in [6.07, 6.45) is 0.637. The van der Waals surface area contributed by atoms with Crippen molar-refractivity contribution < 1.29 is 14.6 Å². The molecule has 0 aromatic heterocycles. The monoisotopic (exact) mass is 346 g/mol. The molecule has 0 atom stereocenters. The number of aromatic hydroxyl groups is 1. The molecule has 0 aliphatic heterocycles. The van der Waals surface area contributed by atoms with Gasteiger partial charge in [0, 0.05) is 17.7 Å². The van der Waals surface area contributed by atoms with E-state index in [1.807, 2.05) is 18.2 Å². The van der Waals surface area contributed by atoms with Gasteiger partial charge in [0.05, 0.1) is 14.2 Å². The maximum absolute atomic E-state index is 9.75. The zero-order valence-electron chi connectivity index (χ0n) is 13.6. The topological polar surface area (TPSA) is 74.5 Å². The Morgan fingerprint density at radius 2 is 1.96 bits per heavy atom. The van der Waals surface area contributed by atoms with E-state index in [9.17, 15) is 10.4 Å². The SMILES string of the molecule is COc1cc(CCNCc2ccccc2O)c(OC)c(Cl)c1C#N. The summed E-state index contributed by atoms with van der Waals surface area (Å²) in [5, 5.41) is 22.5. The molecule has 5 nitrogen and oxygen atoms in total. The average molecular weight is 347 g/mol. The largest absolute Gasteiger partial charge is 0.508 e. The van der Waals surface area contributed by atoms with Crippen LogP contribution in [0.2, 0.25) is 5.02 Å². The average Bonchev–Trinajstić information content (AvgIpc) is 2.59. The summed E-state index contributed by atoms with van der Waals surface area (Å²) in [4.78, 5) is 0. The molecule has 24 heavy (non-hydrogen) atoms. The van der Waals surface area contributed by atoms with Gasteiger partial charge in [-0.15, -0.1) is 0 Å². The zero-order chi connectivity index (χ0) is 17.5. The molecule has 0 bridgehead atoms. The number of nitriles is 1. The fraction of sp³-hybridized carbons (Fsp3) is 0.278. The Balaban J connectivity index is 2.08. The summed E-state index contributed by atoms with van der Waals surface area (Å²) >= 11 is 6.25. The van der Waals surface area contributed by atoms with Gasteiger partial charge in [-0.05, 0) is 25.1 Å². The van der Waals surface area contributed by atoms with Crippen LogP contribution >= 0.6 is 11.6 Å². The number of nitrogens with one attached hydrogen (secondary N) is 1. The van der Waals surface area contributed by atoms with Gasteiger partial charge in [0.15, 0.2) is 0 Å². The van der Waals surface area contributed by atoms with Crippen molar-refractivity contribution in [3.63, 3.8) is 0 Å². The van der Waals surface area contributed by atoms with E-state index in [-0.39, 0.29) is 16.3 Å². The molecule has 0 radical (unpaired) electrons. The van der Waals surface area contributed by atoms with Crippen LogP contribution in [0.4, 0.5) is 0 Å². The second kappa shape index (κ2) is 8.44. The third kappa shape index (κ3) is 3.91. The minimum Gasteiger partial charge on any atom is -0.508 e. The molecule has 0 aliphatic rings. The number of benzene rings is 2. The number of ether oxygens (including phenoxy) is 2. The first-order valence-electron chi connectivity index (χ1n) is 7.43. The number of hydrogen-bond donors (Lipinski definition) is 2. The van der Waals surface area contributed by atoms with Crippen molar-refractivity contribution in [2.24, 2.45) is 0 Å². The summed E-state index contributed by atoms with van der Waals surface area (Å²) in [6.45, 7) is 1.20. The predicted octanol–water partition coefficient (Wildman–Crippen LogP) is 3.27. The Kier molecular flexibility index (Phi) is 6.30. The molecule has 126 valence electrons. The third-order valence-electron chi connectivity index (χ3n) is 3.68. The molecule has 2 N–H and O–H groups in total. The van der Waals surface area contributed by atoms with Crippen LogP contribution in [0.3, 0.4) is 0 Å². The van der Waals surface area contributed by atoms with Crippen LogP contribution in [0, 0.1) is 11.3 Å². The van der Waals surface area contributed by atoms with Gasteiger partial charge >= 0.3 is 0 Å². The van der Waals surface area contributed by atoms with E-state index in [4.69, 9.17) is 21.1 Å². The van der Waals surface area contributed by atoms with Crippen molar-refractivity contribution in [1.82, 2.24) is 5.32 Å². The Bertz CT molecular complexity index is 757. The Hall–Kier alpha value is -2.42. The van der Waals surface area contributed by atoms with Crippen molar-refractivity contribution in [2.45, 2.75) is 13.0 Å². The third-order valence-corrected chi connectivity index (χ3v) is 4.04. The smallest absolute Gasteiger partial charge is 0.142 e. The molecular weight excluding hydrogens is 328 g/mol. The highest BCUT2D eigenvalue weighted by atomic mass is 35.5. The van der Waals surface area contributed by atoms with E-state index in [2.05, 4.69) is 5.32 Å². The maximum atomic E-state index is 9.75. The highest BCUT2D eigenvalue weighted by Crippen LogP contribution is 2.38. The van der Waals surface area contributed by atoms with Crippen LogP contribution in [0.25, 0.3) is 0 Å². The number of nitrogens with zero attached hydrogens (tertiary/aromatic N) is 1. The molecule has 0 unspecified atom stereocenters. The van der Waals surface area contributed by atoms with E-state index in [1.54, 1.807) is 18.2 Å². The molecule has 0 aliphatic carbocycles. The van der Waals surface area contributed by atoms with Crippen LogP contribution in [0.1, 0.15) is 16.7 Å². The van der Waals surface area contributed by atoms with Gasteiger partial charge < -0.3 is 19.9 Å². The minimum absolute atomic E-state index is 0.259. The normalized spacial score (nSPS) is 10.2. The fourth-order valence-electron chi connectivity index (χ4n) is 2.44. The van der Waals surface area contributed by atoms with E-state index < -0.39 is 0 Å². The first-order chi connectivity index (χ1) is 11.6. The summed E-state index contributed by atoms with van der Waals surface area (Å²) < 4.78 is 10.6. The fourth-order valence-corrected chi connectivity index (χ4v) is 2.77. The summed E-state index contributed by atoms with van der Waals surface area (Å²) in [5.74, 6) is 1.18. The lowest BCUT2D eigenvalue weighted by molar-refractivity contribution is 0.397. The van der Waals surface area contributed by atoms with Gasteiger partial charge in [-0.25, -0.2) is 0 Å². The standard InChI is InChI=1S/C18H19ClN2O3/c1-23-16-9-12(18(24-2)17(19)14(16)10-20)7-8-21-11-13-5-3-4-6-15(13)22/h3-6,9,21-22H,7-8,11H2,1-2H3. The maximum Gasteiger partial charge on any atom is 0.142 e. The van der Waals surface area contributed by atoms with Crippen LogP contribution in [-0.4, -0.2) is 25.9 Å². The van der Waals surface area contributed by atoms with E-state index >= 15 is 0 Å². The highest BCUT2D eigenvalue weighted by Gasteiger charge is 2.17. The zero-order valence-corrected chi connectivity index (χ0v) is 14.4. The van der Waals surface area contributed by atoms with E-state index in [0.717, 1.165) is 11.1 Å².